The molecule has 0 saturated heterocycles. The second-order valence-corrected chi connectivity index (χ2v) is 5.65. The lowest BCUT2D eigenvalue weighted by molar-refractivity contribution is 0.415. The third kappa shape index (κ3) is 3.37. The fraction of sp³-hybridized carbons (Fsp3) is 0.357. The van der Waals surface area contributed by atoms with Gasteiger partial charge in [0.15, 0.2) is 0 Å². The zero-order chi connectivity index (χ0) is 12.3. The molecule has 0 fully saturated rings. The van der Waals surface area contributed by atoms with Gasteiger partial charge in [-0.05, 0) is 37.6 Å². The normalized spacial score (nSPS) is 18.4. The van der Waals surface area contributed by atoms with Crippen LogP contribution in [0.4, 0.5) is 0 Å². The standard InChI is InChI=1S/C14H17NOS/c1-14(2)10-17-13(15-14)9-6-11-4-7-12(16-3)8-5-11/h4-9H,10H2,1-3H3/b9-6+. The number of aliphatic imine (C=N–C) groups is 1. The van der Waals surface area contributed by atoms with Crippen molar-refractivity contribution in [2.75, 3.05) is 12.9 Å². The van der Waals surface area contributed by atoms with Crippen molar-refractivity contribution >= 4 is 22.9 Å². The molecule has 1 aromatic carbocycles. The molecule has 0 bridgehead atoms. The van der Waals surface area contributed by atoms with E-state index in [2.05, 4.69) is 31.0 Å². The first kappa shape index (κ1) is 12.2. The number of thioether (sulfide) groups is 1. The average Bonchev–Trinajstić information content (AvgIpc) is 2.67. The summed E-state index contributed by atoms with van der Waals surface area (Å²) in [6.45, 7) is 4.32. The molecule has 0 spiro atoms. The fourth-order valence-electron chi connectivity index (χ4n) is 1.58. The van der Waals surface area contributed by atoms with Crippen molar-refractivity contribution in [2.24, 2.45) is 4.99 Å². The molecule has 0 amide bonds. The molecule has 17 heavy (non-hydrogen) atoms. The quantitative estimate of drug-likeness (QED) is 0.813. The molecule has 0 saturated carbocycles. The topological polar surface area (TPSA) is 21.6 Å². The molecule has 3 heteroatoms. The number of hydrogen-bond donors (Lipinski definition) is 0. The van der Waals surface area contributed by atoms with E-state index < -0.39 is 0 Å². The Kier molecular flexibility index (Phi) is 3.57. The Bertz CT molecular complexity index is 446. The van der Waals surface area contributed by atoms with E-state index in [4.69, 9.17) is 4.74 Å². The van der Waals surface area contributed by atoms with Crippen molar-refractivity contribution in [3.63, 3.8) is 0 Å². The maximum Gasteiger partial charge on any atom is 0.118 e. The largest absolute Gasteiger partial charge is 0.497 e. The summed E-state index contributed by atoms with van der Waals surface area (Å²) in [4.78, 5) is 4.64. The van der Waals surface area contributed by atoms with Gasteiger partial charge in [0.25, 0.3) is 0 Å². The maximum absolute atomic E-state index is 5.12. The van der Waals surface area contributed by atoms with Crippen molar-refractivity contribution in [3.8, 4) is 5.75 Å². The van der Waals surface area contributed by atoms with Crippen molar-refractivity contribution in [2.45, 2.75) is 19.4 Å². The van der Waals surface area contributed by atoms with Crippen LogP contribution in [0, 0.1) is 0 Å². The zero-order valence-electron chi connectivity index (χ0n) is 10.4. The van der Waals surface area contributed by atoms with Crippen molar-refractivity contribution in [3.05, 3.63) is 35.9 Å². The SMILES string of the molecule is COc1ccc(/C=C/C2=NC(C)(C)CS2)cc1. The monoisotopic (exact) mass is 247 g/mol. The lowest BCUT2D eigenvalue weighted by atomic mass is 10.1. The van der Waals surface area contributed by atoms with E-state index in [1.54, 1.807) is 7.11 Å². The number of benzene rings is 1. The van der Waals surface area contributed by atoms with Crippen molar-refractivity contribution in [1.29, 1.82) is 0 Å². The van der Waals surface area contributed by atoms with Gasteiger partial charge in [-0.1, -0.05) is 18.2 Å². The van der Waals surface area contributed by atoms with Crippen LogP contribution in [0.3, 0.4) is 0 Å². The highest BCUT2D eigenvalue weighted by molar-refractivity contribution is 8.14. The van der Waals surface area contributed by atoms with E-state index in [-0.39, 0.29) is 5.54 Å². The summed E-state index contributed by atoms with van der Waals surface area (Å²) in [7, 11) is 1.68. The molecule has 2 nitrogen and oxygen atoms in total. The number of ether oxygens (including phenoxy) is 1. The summed E-state index contributed by atoms with van der Waals surface area (Å²) in [5.41, 5.74) is 1.25. The Morgan fingerprint density at radius 2 is 1.94 bits per heavy atom. The first-order chi connectivity index (χ1) is 8.09. The number of rotatable bonds is 3. The average molecular weight is 247 g/mol. The summed E-state index contributed by atoms with van der Waals surface area (Å²) >= 11 is 1.81. The minimum Gasteiger partial charge on any atom is -0.497 e. The van der Waals surface area contributed by atoms with Crippen LogP contribution >= 0.6 is 11.8 Å². The summed E-state index contributed by atoms with van der Waals surface area (Å²) in [6.07, 6.45) is 4.17. The van der Waals surface area contributed by atoms with E-state index >= 15 is 0 Å². The molecular weight excluding hydrogens is 230 g/mol. The maximum atomic E-state index is 5.12. The lowest BCUT2D eigenvalue weighted by Crippen LogP contribution is -2.15. The second kappa shape index (κ2) is 4.96. The van der Waals surface area contributed by atoms with Gasteiger partial charge >= 0.3 is 0 Å². The Hall–Kier alpha value is -1.22. The summed E-state index contributed by atoms with van der Waals surface area (Å²) in [6, 6.07) is 8.02. The van der Waals surface area contributed by atoms with Crippen LogP contribution < -0.4 is 4.74 Å². The summed E-state index contributed by atoms with van der Waals surface area (Å²) < 4.78 is 5.12. The van der Waals surface area contributed by atoms with Crippen LogP contribution in [0.15, 0.2) is 35.3 Å². The first-order valence-electron chi connectivity index (χ1n) is 5.64. The molecule has 0 aliphatic carbocycles. The lowest BCUT2D eigenvalue weighted by Gasteiger charge is -2.09. The van der Waals surface area contributed by atoms with Crippen LogP contribution in [0.25, 0.3) is 6.08 Å². The van der Waals surface area contributed by atoms with Gasteiger partial charge < -0.3 is 4.74 Å². The highest BCUT2D eigenvalue weighted by atomic mass is 32.2. The van der Waals surface area contributed by atoms with Gasteiger partial charge in [0.05, 0.1) is 17.7 Å². The van der Waals surface area contributed by atoms with Gasteiger partial charge in [-0.15, -0.1) is 11.8 Å². The highest BCUT2D eigenvalue weighted by Crippen LogP contribution is 2.27. The second-order valence-electron chi connectivity index (χ2n) is 4.66. The molecular formula is C14H17NOS. The van der Waals surface area contributed by atoms with Crippen LogP contribution in [0.5, 0.6) is 5.75 Å². The Morgan fingerprint density at radius 1 is 1.24 bits per heavy atom. The molecule has 1 aliphatic rings. The number of methoxy groups -OCH3 is 1. The Balaban J connectivity index is 2.05. The number of nitrogens with zero attached hydrogens (tertiary/aromatic N) is 1. The predicted octanol–water partition coefficient (Wildman–Crippen LogP) is 3.63. The third-order valence-corrected chi connectivity index (χ3v) is 3.89. The van der Waals surface area contributed by atoms with Crippen LogP contribution in [-0.2, 0) is 0 Å². The third-order valence-electron chi connectivity index (χ3n) is 2.52. The van der Waals surface area contributed by atoms with E-state index in [0.717, 1.165) is 16.5 Å². The highest BCUT2D eigenvalue weighted by Gasteiger charge is 2.23. The van der Waals surface area contributed by atoms with E-state index in [1.807, 2.05) is 36.0 Å². The minimum atomic E-state index is 0.0875. The van der Waals surface area contributed by atoms with Crippen molar-refractivity contribution in [1.82, 2.24) is 0 Å². The van der Waals surface area contributed by atoms with Gasteiger partial charge in [0.2, 0.25) is 0 Å². The fourth-order valence-corrected chi connectivity index (χ4v) is 2.62. The smallest absolute Gasteiger partial charge is 0.118 e. The zero-order valence-corrected chi connectivity index (χ0v) is 11.3. The van der Waals surface area contributed by atoms with E-state index in [0.29, 0.717) is 0 Å². The molecule has 1 heterocycles. The van der Waals surface area contributed by atoms with Gasteiger partial charge in [-0.2, -0.15) is 0 Å². The predicted molar refractivity (Wildman–Crippen MR) is 76.0 cm³/mol. The molecule has 2 rings (SSSR count). The molecule has 1 aromatic rings. The molecule has 0 N–H and O–H groups in total. The minimum absolute atomic E-state index is 0.0875. The molecule has 0 atom stereocenters. The molecule has 0 unspecified atom stereocenters. The Labute approximate surface area is 107 Å². The first-order valence-corrected chi connectivity index (χ1v) is 6.62. The van der Waals surface area contributed by atoms with Crippen LogP contribution in [-0.4, -0.2) is 23.4 Å². The summed E-state index contributed by atoms with van der Waals surface area (Å²) in [5, 5.41) is 1.12. The van der Waals surface area contributed by atoms with Gasteiger partial charge in [0, 0.05) is 5.75 Å². The van der Waals surface area contributed by atoms with Gasteiger partial charge in [-0.3, -0.25) is 4.99 Å². The molecule has 0 radical (unpaired) electrons. The number of hydrogen-bond acceptors (Lipinski definition) is 3. The van der Waals surface area contributed by atoms with Gasteiger partial charge in [-0.25, -0.2) is 0 Å². The van der Waals surface area contributed by atoms with E-state index in [1.165, 1.54) is 5.56 Å². The summed E-state index contributed by atoms with van der Waals surface area (Å²) in [5.74, 6) is 1.95. The van der Waals surface area contributed by atoms with Crippen LogP contribution in [0.1, 0.15) is 19.4 Å². The van der Waals surface area contributed by atoms with Crippen LogP contribution in [0.2, 0.25) is 0 Å². The van der Waals surface area contributed by atoms with Crippen molar-refractivity contribution < 1.29 is 4.74 Å². The van der Waals surface area contributed by atoms with E-state index in [9.17, 15) is 0 Å². The molecule has 1 aliphatic heterocycles. The Morgan fingerprint density at radius 3 is 2.47 bits per heavy atom. The van der Waals surface area contributed by atoms with Gasteiger partial charge in [0.1, 0.15) is 5.75 Å². The molecule has 90 valence electrons. The molecule has 0 aromatic heterocycles.